The molecular formula is C29H31NO5. The number of hydrogen-bond donors (Lipinski definition) is 1. The molecular weight excluding hydrogens is 442 g/mol. The first-order valence-electron chi connectivity index (χ1n) is 11.5. The molecule has 2 atom stereocenters. The van der Waals surface area contributed by atoms with Gasteiger partial charge in [-0.2, -0.15) is 0 Å². The third kappa shape index (κ3) is 5.96. The second kappa shape index (κ2) is 12.0. The predicted octanol–water partition coefficient (Wildman–Crippen LogP) is 4.27. The van der Waals surface area contributed by atoms with Gasteiger partial charge in [-0.05, 0) is 23.1 Å². The Labute approximate surface area is 206 Å². The van der Waals surface area contributed by atoms with Crippen molar-refractivity contribution in [2.75, 3.05) is 14.2 Å². The number of esters is 2. The average Bonchev–Trinajstić information content (AvgIpc) is 2.91. The van der Waals surface area contributed by atoms with Crippen LogP contribution in [0.15, 0.2) is 91.0 Å². The summed E-state index contributed by atoms with van der Waals surface area (Å²) in [5.74, 6) is -2.00. The van der Waals surface area contributed by atoms with Gasteiger partial charge in [0.2, 0.25) is 5.91 Å². The monoisotopic (exact) mass is 473 g/mol. The number of hydrogen-bond acceptors (Lipinski definition) is 5. The fourth-order valence-electron chi connectivity index (χ4n) is 4.47. The van der Waals surface area contributed by atoms with E-state index in [0.717, 1.165) is 16.7 Å². The van der Waals surface area contributed by atoms with E-state index in [9.17, 15) is 14.4 Å². The predicted molar refractivity (Wildman–Crippen MR) is 134 cm³/mol. The molecule has 3 aromatic rings. The Balaban J connectivity index is 2.04. The number of methoxy groups -OCH3 is 2. The summed E-state index contributed by atoms with van der Waals surface area (Å²) in [6.07, 6.45) is 0.116. The van der Waals surface area contributed by atoms with E-state index in [0.29, 0.717) is 0 Å². The van der Waals surface area contributed by atoms with E-state index in [1.807, 2.05) is 91.0 Å². The summed E-state index contributed by atoms with van der Waals surface area (Å²) in [4.78, 5) is 38.0. The molecule has 3 aromatic carbocycles. The number of carbonyl (C=O) groups is 3. The van der Waals surface area contributed by atoms with Crippen LogP contribution in [0.2, 0.25) is 0 Å². The topological polar surface area (TPSA) is 81.7 Å². The van der Waals surface area contributed by atoms with Crippen LogP contribution in [-0.4, -0.2) is 38.1 Å². The molecule has 0 heterocycles. The maximum atomic E-state index is 13.6. The summed E-state index contributed by atoms with van der Waals surface area (Å²) in [6.45, 7) is 1.65. The van der Waals surface area contributed by atoms with Gasteiger partial charge in [0, 0.05) is 6.42 Å². The number of amides is 1. The summed E-state index contributed by atoms with van der Waals surface area (Å²) in [7, 11) is 2.55. The Hall–Kier alpha value is -3.93. The number of benzene rings is 3. The first-order valence-corrected chi connectivity index (χ1v) is 11.5. The van der Waals surface area contributed by atoms with Crippen LogP contribution in [0.25, 0.3) is 0 Å². The normalized spacial score (nSPS) is 12.8. The molecule has 1 amide bonds. The molecule has 0 aliphatic rings. The van der Waals surface area contributed by atoms with Gasteiger partial charge in [0.15, 0.2) is 0 Å². The van der Waals surface area contributed by atoms with E-state index in [4.69, 9.17) is 9.47 Å². The number of carbonyl (C=O) groups excluding carboxylic acids is 3. The van der Waals surface area contributed by atoms with E-state index in [2.05, 4.69) is 5.32 Å². The molecule has 0 aliphatic heterocycles. The van der Waals surface area contributed by atoms with Gasteiger partial charge in [0.05, 0.1) is 25.6 Å². The largest absolute Gasteiger partial charge is 0.469 e. The van der Waals surface area contributed by atoms with Crippen molar-refractivity contribution in [2.45, 2.75) is 31.2 Å². The molecule has 182 valence electrons. The Kier molecular flexibility index (Phi) is 8.79. The van der Waals surface area contributed by atoms with Gasteiger partial charge >= 0.3 is 11.9 Å². The van der Waals surface area contributed by atoms with Crippen molar-refractivity contribution in [3.8, 4) is 0 Å². The van der Waals surface area contributed by atoms with Crippen LogP contribution in [0.5, 0.6) is 0 Å². The fraction of sp³-hybridized carbons (Fsp3) is 0.276. The summed E-state index contributed by atoms with van der Waals surface area (Å²) in [6, 6.07) is 28.5. The molecule has 0 fully saturated rings. The van der Waals surface area contributed by atoms with Crippen LogP contribution in [0.1, 0.15) is 36.5 Å². The molecule has 0 radical (unpaired) electrons. The molecule has 1 N–H and O–H groups in total. The van der Waals surface area contributed by atoms with Crippen molar-refractivity contribution in [2.24, 2.45) is 5.92 Å². The van der Waals surface area contributed by atoms with Gasteiger partial charge in [-0.25, -0.2) is 4.79 Å². The summed E-state index contributed by atoms with van der Waals surface area (Å²) >= 11 is 0. The van der Waals surface area contributed by atoms with Crippen molar-refractivity contribution >= 4 is 17.8 Å². The lowest BCUT2D eigenvalue weighted by molar-refractivity contribution is -0.149. The van der Waals surface area contributed by atoms with E-state index in [-0.39, 0.29) is 18.7 Å². The quantitative estimate of drug-likeness (QED) is 0.351. The molecule has 0 saturated carbocycles. The fourth-order valence-corrected chi connectivity index (χ4v) is 4.47. The first-order chi connectivity index (χ1) is 16.9. The van der Waals surface area contributed by atoms with Crippen LogP contribution in [0.3, 0.4) is 0 Å². The van der Waals surface area contributed by atoms with Crippen molar-refractivity contribution in [3.63, 3.8) is 0 Å². The van der Waals surface area contributed by atoms with Crippen molar-refractivity contribution in [3.05, 3.63) is 108 Å². The summed E-state index contributed by atoms with van der Waals surface area (Å²) in [5, 5.41) is 2.82. The van der Waals surface area contributed by atoms with E-state index < -0.39 is 29.3 Å². The van der Waals surface area contributed by atoms with Gasteiger partial charge in [-0.15, -0.1) is 0 Å². The van der Waals surface area contributed by atoms with Gasteiger partial charge in [0.1, 0.15) is 6.04 Å². The van der Waals surface area contributed by atoms with E-state index in [1.54, 1.807) is 6.92 Å². The lowest BCUT2D eigenvalue weighted by atomic mass is 9.67. The Morgan fingerprint density at radius 1 is 0.714 bits per heavy atom. The number of rotatable bonds is 10. The first kappa shape index (κ1) is 25.7. The minimum atomic E-state index is -0.985. The molecule has 0 aromatic heterocycles. The lowest BCUT2D eigenvalue weighted by Gasteiger charge is -2.36. The minimum Gasteiger partial charge on any atom is -0.469 e. The molecule has 3 rings (SSSR count). The average molecular weight is 474 g/mol. The lowest BCUT2D eigenvalue weighted by Crippen LogP contribution is -2.46. The highest BCUT2D eigenvalue weighted by Gasteiger charge is 2.39. The molecule has 0 saturated heterocycles. The third-order valence-corrected chi connectivity index (χ3v) is 6.24. The third-order valence-electron chi connectivity index (χ3n) is 6.24. The molecule has 35 heavy (non-hydrogen) atoms. The molecule has 0 spiro atoms. The van der Waals surface area contributed by atoms with Crippen molar-refractivity contribution in [1.82, 2.24) is 5.32 Å². The highest BCUT2D eigenvalue weighted by atomic mass is 16.5. The van der Waals surface area contributed by atoms with E-state index >= 15 is 0 Å². The summed E-state index contributed by atoms with van der Waals surface area (Å²) < 4.78 is 9.69. The van der Waals surface area contributed by atoms with Gasteiger partial charge in [0.25, 0.3) is 0 Å². The minimum absolute atomic E-state index is 0.0468. The molecule has 0 bridgehead atoms. The van der Waals surface area contributed by atoms with Crippen LogP contribution in [0.4, 0.5) is 0 Å². The number of nitrogens with one attached hydrogen (secondary N) is 1. The zero-order valence-electron chi connectivity index (χ0n) is 20.3. The van der Waals surface area contributed by atoms with Crippen LogP contribution in [-0.2, 0) is 29.3 Å². The second-order valence-electron chi connectivity index (χ2n) is 8.48. The Morgan fingerprint density at radius 3 is 1.49 bits per heavy atom. The second-order valence-corrected chi connectivity index (χ2v) is 8.48. The summed E-state index contributed by atoms with van der Waals surface area (Å²) in [5.41, 5.74) is 2.04. The maximum absolute atomic E-state index is 13.6. The van der Waals surface area contributed by atoms with Crippen LogP contribution < -0.4 is 5.32 Å². The molecule has 0 unspecified atom stereocenters. The smallest absolute Gasteiger partial charge is 0.328 e. The van der Waals surface area contributed by atoms with Gasteiger partial charge < -0.3 is 14.8 Å². The number of ether oxygens (including phenoxy) is 2. The molecule has 6 heteroatoms. The Bertz CT molecular complexity index is 1020. The Morgan fingerprint density at radius 2 is 1.11 bits per heavy atom. The maximum Gasteiger partial charge on any atom is 0.328 e. The van der Waals surface area contributed by atoms with Gasteiger partial charge in [-0.1, -0.05) is 97.9 Å². The van der Waals surface area contributed by atoms with Crippen LogP contribution >= 0.6 is 0 Å². The standard InChI is InChI=1S/C29H31NO5/c1-21(27(32)34-2)19-25(28(33)35-3)30-26(31)20-29(22-13-7-4-8-14-22,23-15-9-5-10-16-23)24-17-11-6-12-18-24/h4-18,21,25H,19-20H2,1-3H3,(H,30,31)/t21-,25+/m0/s1. The zero-order valence-corrected chi connectivity index (χ0v) is 20.3. The van der Waals surface area contributed by atoms with Gasteiger partial charge in [-0.3, -0.25) is 9.59 Å². The molecule has 0 aliphatic carbocycles. The van der Waals surface area contributed by atoms with E-state index in [1.165, 1.54) is 14.2 Å². The highest BCUT2D eigenvalue weighted by molar-refractivity contribution is 5.86. The van der Waals surface area contributed by atoms with Crippen molar-refractivity contribution < 1.29 is 23.9 Å². The SMILES string of the molecule is COC(=O)[C@@H](C)C[C@@H](NC(=O)CC(c1ccccc1)(c1ccccc1)c1ccccc1)C(=O)OC. The van der Waals surface area contributed by atoms with Crippen molar-refractivity contribution in [1.29, 1.82) is 0 Å². The highest BCUT2D eigenvalue weighted by Crippen LogP contribution is 2.42. The molecule has 6 nitrogen and oxygen atoms in total. The van der Waals surface area contributed by atoms with Crippen LogP contribution in [0, 0.1) is 5.92 Å². The zero-order chi connectivity index (χ0) is 25.3.